The molecule has 5 nitrogen and oxygen atoms in total. The highest BCUT2D eigenvalue weighted by atomic mass is 32.2. The van der Waals surface area contributed by atoms with Gasteiger partial charge in [0.1, 0.15) is 5.82 Å². The molecule has 0 N–H and O–H groups in total. The number of rotatable bonds is 2. The zero-order valence-electron chi connectivity index (χ0n) is 11.4. The first-order valence-corrected chi connectivity index (χ1v) is 8.97. The van der Waals surface area contributed by atoms with Crippen LogP contribution in [0.2, 0.25) is 0 Å². The molecular weight excluding hydrogens is 262 g/mol. The van der Waals surface area contributed by atoms with Crippen molar-refractivity contribution >= 4 is 9.84 Å². The van der Waals surface area contributed by atoms with Crippen LogP contribution in [0.4, 0.5) is 0 Å². The number of hydrogen-bond donors (Lipinski definition) is 0. The van der Waals surface area contributed by atoms with Gasteiger partial charge in [-0.3, -0.25) is 0 Å². The molecule has 2 atom stereocenters. The summed E-state index contributed by atoms with van der Waals surface area (Å²) in [7, 11) is -2.83. The first kappa shape index (κ1) is 13.1. The van der Waals surface area contributed by atoms with E-state index in [2.05, 4.69) is 17.0 Å². The van der Waals surface area contributed by atoms with Gasteiger partial charge in [0.15, 0.2) is 15.7 Å². The number of aromatic nitrogens is 3. The molecule has 0 amide bonds. The van der Waals surface area contributed by atoms with Gasteiger partial charge < -0.3 is 0 Å². The van der Waals surface area contributed by atoms with Crippen LogP contribution in [0.25, 0.3) is 0 Å². The molecule has 3 rings (SSSR count). The van der Waals surface area contributed by atoms with Crippen LogP contribution in [0.15, 0.2) is 0 Å². The lowest BCUT2D eigenvalue weighted by Crippen LogP contribution is -2.26. The Bertz CT molecular complexity index is 564. The summed E-state index contributed by atoms with van der Waals surface area (Å²) in [4.78, 5) is 4.58. The summed E-state index contributed by atoms with van der Waals surface area (Å²) in [6.07, 6.45) is 4.66. The molecule has 2 aliphatic rings. The quantitative estimate of drug-likeness (QED) is 0.819. The number of fused-ring (bicyclic) bond motifs is 1. The molecule has 0 aliphatic carbocycles. The predicted molar refractivity (Wildman–Crippen MR) is 72.6 cm³/mol. The van der Waals surface area contributed by atoms with Crippen molar-refractivity contribution in [3.8, 4) is 0 Å². The first-order valence-electron chi connectivity index (χ1n) is 7.15. The maximum absolute atomic E-state index is 11.6. The smallest absolute Gasteiger partial charge is 0.151 e. The molecule has 2 aliphatic heterocycles. The van der Waals surface area contributed by atoms with Crippen LogP contribution in [-0.4, -0.2) is 34.7 Å². The molecule has 0 aromatic carbocycles. The largest absolute Gasteiger partial charge is 0.250 e. The van der Waals surface area contributed by atoms with Gasteiger partial charge in [0.25, 0.3) is 0 Å². The fourth-order valence-electron chi connectivity index (χ4n) is 3.14. The van der Waals surface area contributed by atoms with Crippen molar-refractivity contribution < 1.29 is 8.42 Å². The van der Waals surface area contributed by atoms with E-state index in [4.69, 9.17) is 0 Å². The van der Waals surface area contributed by atoms with E-state index in [1.54, 1.807) is 0 Å². The molecule has 1 aromatic rings. The van der Waals surface area contributed by atoms with Crippen LogP contribution in [-0.2, 0) is 29.2 Å². The fourth-order valence-corrected chi connectivity index (χ4v) is 4.92. The number of hydrogen-bond acceptors (Lipinski definition) is 4. The fraction of sp³-hybridized carbons (Fsp3) is 0.846. The summed E-state index contributed by atoms with van der Waals surface area (Å²) in [5.41, 5.74) is 0. The van der Waals surface area contributed by atoms with Crippen LogP contribution in [0.3, 0.4) is 0 Å². The Labute approximate surface area is 114 Å². The van der Waals surface area contributed by atoms with Crippen molar-refractivity contribution in [3.63, 3.8) is 0 Å². The van der Waals surface area contributed by atoms with Gasteiger partial charge in [-0.05, 0) is 31.1 Å². The third kappa shape index (κ3) is 2.99. The average Bonchev–Trinajstić information content (AvgIpc) is 2.68. The van der Waals surface area contributed by atoms with Crippen molar-refractivity contribution in [1.29, 1.82) is 0 Å². The molecule has 19 heavy (non-hydrogen) atoms. The normalized spacial score (nSPS) is 29.9. The molecule has 0 bridgehead atoms. The molecule has 0 saturated carbocycles. The van der Waals surface area contributed by atoms with Crippen LogP contribution in [0, 0.1) is 11.8 Å². The van der Waals surface area contributed by atoms with E-state index in [-0.39, 0.29) is 5.92 Å². The van der Waals surface area contributed by atoms with E-state index >= 15 is 0 Å². The molecule has 6 heteroatoms. The maximum Gasteiger partial charge on any atom is 0.151 e. The Morgan fingerprint density at radius 3 is 3.00 bits per heavy atom. The molecule has 1 aromatic heterocycles. The molecule has 1 saturated heterocycles. The Morgan fingerprint density at radius 2 is 2.21 bits per heavy atom. The predicted octanol–water partition coefficient (Wildman–Crippen LogP) is 1.23. The topological polar surface area (TPSA) is 64.8 Å². The van der Waals surface area contributed by atoms with Gasteiger partial charge in [0, 0.05) is 19.4 Å². The van der Waals surface area contributed by atoms with Crippen LogP contribution in [0.1, 0.15) is 37.8 Å². The summed E-state index contributed by atoms with van der Waals surface area (Å²) in [5.74, 6) is 3.46. The number of aryl methyl sites for hydroxylation is 1. The van der Waals surface area contributed by atoms with E-state index in [9.17, 15) is 8.42 Å². The summed E-state index contributed by atoms with van der Waals surface area (Å²) in [5, 5.41) is 4.55. The maximum atomic E-state index is 11.6. The number of sulfone groups is 1. The zero-order chi connectivity index (χ0) is 13.5. The third-order valence-corrected chi connectivity index (χ3v) is 6.06. The summed E-state index contributed by atoms with van der Waals surface area (Å²) >= 11 is 0. The molecule has 1 fully saturated rings. The molecular formula is C13H21N3O2S. The second-order valence-electron chi connectivity index (χ2n) is 6.10. The second kappa shape index (κ2) is 4.89. The minimum Gasteiger partial charge on any atom is -0.250 e. The van der Waals surface area contributed by atoms with Gasteiger partial charge in [-0.15, -0.1) is 0 Å². The van der Waals surface area contributed by atoms with Gasteiger partial charge >= 0.3 is 0 Å². The van der Waals surface area contributed by atoms with Crippen LogP contribution < -0.4 is 0 Å². The van der Waals surface area contributed by atoms with Crippen molar-refractivity contribution in [2.75, 3.05) is 11.5 Å². The number of nitrogens with zero attached hydrogens (tertiary/aromatic N) is 3. The van der Waals surface area contributed by atoms with Crippen molar-refractivity contribution in [2.45, 2.75) is 45.6 Å². The SMILES string of the molecule is CC1CCc2nc(CC3CCCS(=O)(=O)C3)nn2C1. The molecule has 0 radical (unpaired) electrons. The van der Waals surface area contributed by atoms with Gasteiger partial charge in [-0.2, -0.15) is 5.10 Å². The second-order valence-corrected chi connectivity index (χ2v) is 8.33. The highest BCUT2D eigenvalue weighted by Crippen LogP contribution is 2.23. The van der Waals surface area contributed by atoms with Crippen molar-refractivity contribution in [2.24, 2.45) is 11.8 Å². The van der Waals surface area contributed by atoms with E-state index in [1.807, 2.05) is 4.68 Å². The van der Waals surface area contributed by atoms with Crippen LogP contribution >= 0.6 is 0 Å². The summed E-state index contributed by atoms with van der Waals surface area (Å²) in [6, 6.07) is 0. The van der Waals surface area contributed by atoms with Gasteiger partial charge in [-0.25, -0.2) is 18.1 Å². The monoisotopic (exact) mass is 283 g/mol. The lowest BCUT2D eigenvalue weighted by atomic mass is 10.0. The Kier molecular flexibility index (Phi) is 3.37. The molecule has 0 spiro atoms. The molecule has 2 unspecified atom stereocenters. The molecule has 3 heterocycles. The third-order valence-electron chi connectivity index (χ3n) is 4.17. The zero-order valence-corrected chi connectivity index (χ0v) is 12.2. The van der Waals surface area contributed by atoms with E-state index in [0.717, 1.165) is 37.5 Å². The summed E-state index contributed by atoms with van der Waals surface area (Å²) < 4.78 is 25.3. The van der Waals surface area contributed by atoms with Crippen LogP contribution in [0.5, 0.6) is 0 Å². The Morgan fingerprint density at radius 1 is 1.37 bits per heavy atom. The van der Waals surface area contributed by atoms with Gasteiger partial charge in [0.2, 0.25) is 0 Å². The van der Waals surface area contributed by atoms with Gasteiger partial charge in [0.05, 0.1) is 11.5 Å². The first-order chi connectivity index (χ1) is 9.02. The van der Waals surface area contributed by atoms with Crippen molar-refractivity contribution in [3.05, 3.63) is 11.6 Å². The van der Waals surface area contributed by atoms with E-state index in [0.29, 0.717) is 23.8 Å². The Hall–Kier alpha value is -0.910. The minimum absolute atomic E-state index is 0.209. The summed E-state index contributed by atoms with van der Waals surface area (Å²) in [6.45, 7) is 3.18. The minimum atomic E-state index is -2.83. The average molecular weight is 283 g/mol. The van der Waals surface area contributed by atoms with Crippen molar-refractivity contribution in [1.82, 2.24) is 14.8 Å². The molecule has 106 valence electrons. The highest BCUT2D eigenvalue weighted by molar-refractivity contribution is 7.91. The lowest BCUT2D eigenvalue weighted by molar-refractivity contribution is 0.366. The van der Waals surface area contributed by atoms with E-state index in [1.165, 1.54) is 6.42 Å². The highest BCUT2D eigenvalue weighted by Gasteiger charge is 2.27. The van der Waals surface area contributed by atoms with Gasteiger partial charge in [-0.1, -0.05) is 6.92 Å². The van der Waals surface area contributed by atoms with E-state index < -0.39 is 9.84 Å². The lowest BCUT2D eigenvalue weighted by Gasteiger charge is -2.20. The Balaban J connectivity index is 1.70. The standard InChI is InChI=1S/C13H21N3O2S/c1-10-4-5-13-14-12(15-16(13)8-10)7-11-3-2-6-19(17,18)9-11/h10-11H,2-9H2,1H3.